The van der Waals surface area contributed by atoms with Gasteiger partial charge in [0.25, 0.3) is 0 Å². The van der Waals surface area contributed by atoms with Crippen LogP contribution in [0, 0.1) is 5.92 Å². The number of piperidine rings is 1. The molecule has 1 fully saturated rings. The van der Waals surface area contributed by atoms with Crippen molar-refractivity contribution < 1.29 is 4.74 Å². The van der Waals surface area contributed by atoms with Gasteiger partial charge in [-0.25, -0.2) is 0 Å². The van der Waals surface area contributed by atoms with E-state index in [1.807, 2.05) is 36.4 Å². The Labute approximate surface area is 198 Å². The van der Waals surface area contributed by atoms with E-state index in [1.54, 1.807) is 7.11 Å². The first-order valence-electron chi connectivity index (χ1n) is 12.1. The van der Waals surface area contributed by atoms with E-state index in [0.717, 1.165) is 45.8 Å². The lowest BCUT2D eigenvalue weighted by Gasteiger charge is -2.41. The third-order valence-corrected chi connectivity index (χ3v) is 6.79. The van der Waals surface area contributed by atoms with Gasteiger partial charge in [-0.3, -0.25) is 19.5 Å². The minimum Gasteiger partial charge on any atom is -0.383 e. The molecule has 0 aliphatic carbocycles. The maximum atomic E-state index is 5.51. The minimum atomic E-state index is 0.475. The molecule has 6 nitrogen and oxygen atoms in total. The summed E-state index contributed by atoms with van der Waals surface area (Å²) in [5, 5.41) is 4.33. The number of aryl methyl sites for hydroxylation is 1. The average molecular weight is 448 g/mol. The summed E-state index contributed by atoms with van der Waals surface area (Å²) < 4.78 is 7.40. The number of pyridine rings is 1. The molecule has 0 N–H and O–H groups in total. The lowest BCUT2D eigenvalue weighted by Crippen LogP contribution is -2.47. The summed E-state index contributed by atoms with van der Waals surface area (Å²) in [6, 6.07) is 15.6. The molecule has 0 unspecified atom stereocenters. The zero-order chi connectivity index (χ0) is 22.9. The third-order valence-electron chi connectivity index (χ3n) is 6.79. The predicted octanol–water partition coefficient (Wildman–Crippen LogP) is 3.79. The van der Waals surface area contributed by atoms with Crippen molar-refractivity contribution >= 4 is 0 Å². The van der Waals surface area contributed by atoms with Crippen molar-refractivity contribution in [3.63, 3.8) is 0 Å². The van der Waals surface area contributed by atoms with Gasteiger partial charge >= 0.3 is 0 Å². The van der Waals surface area contributed by atoms with E-state index in [2.05, 4.69) is 62.5 Å². The summed E-state index contributed by atoms with van der Waals surface area (Å²) in [4.78, 5) is 9.56. The van der Waals surface area contributed by atoms with Crippen LogP contribution in [0.25, 0.3) is 0 Å². The molecule has 3 heterocycles. The number of hydrogen-bond acceptors (Lipinski definition) is 5. The molecule has 1 saturated heterocycles. The molecule has 0 amide bonds. The second kappa shape index (κ2) is 12.1. The molecule has 0 spiro atoms. The third kappa shape index (κ3) is 6.97. The van der Waals surface area contributed by atoms with E-state index in [0.29, 0.717) is 12.0 Å². The Kier molecular flexibility index (Phi) is 8.64. The second-order valence-electron chi connectivity index (χ2n) is 9.22. The molecule has 0 saturated carbocycles. The molecule has 0 radical (unpaired) electrons. The molecule has 33 heavy (non-hydrogen) atoms. The van der Waals surface area contributed by atoms with Crippen molar-refractivity contribution in [1.82, 2.24) is 24.6 Å². The smallest absolute Gasteiger partial charge is 0.0589 e. The molecule has 176 valence electrons. The number of ether oxygens (including phenoxy) is 1. The van der Waals surface area contributed by atoms with Crippen LogP contribution in [0.3, 0.4) is 0 Å². The lowest BCUT2D eigenvalue weighted by molar-refractivity contribution is 0.0571. The number of rotatable bonds is 11. The molecule has 1 aromatic carbocycles. The molecular formula is C27H37N5O. The van der Waals surface area contributed by atoms with Crippen LogP contribution in [0.5, 0.6) is 0 Å². The summed E-state index contributed by atoms with van der Waals surface area (Å²) in [5.74, 6) is 0.656. The van der Waals surface area contributed by atoms with Crippen LogP contribution in [0.4, 0.5) is 0 Å². The zero-order valence-electron chi connectivity index (χ0n) is 20.0. The highest BCUT2D eigenvalue weighted by molar-refractivity contribution is 5.17. The summed E-state index contributed by atoms with van der Waals surface area (Å²) in [6.07, 6.45) is 11.5. The predicted molar refractivity (Wildman–Crippen MR) is 132 cm³/mol. The Balaban J connectivity index is 1.48. The van der Waals surface area contributed by atoms with Crippen LogP contribution < -0.4 is 0 Å². The molecule has 1 aliphatic rings. The average Bonchev–Trinajstić information content (AvgIpc) is 3.26. The zero-order valence-corrected chi connectivity index (χ0v) is 20.0. The molecular weight excluding hydrogens is 410 g/mol. The van der Waals surface area contributed by atoms with Gasteiger partial charge in [0.1, 0.15) is 0 Å². The Morgan fingerprint density at radius 2 is 1.82 bits per heavy atom. The van der Waals surface area contributed by atoms with E-state index in [1.165, 1.54) is 29.5 Å². The van der Waals surface area contributed by atoms with Gasteiger partial charge in [-0.15, -0.1) is 0 Å². The van der Waals surface area contributed by atoms with Crippen molar-refractivity contribution in [3.8, 4) is 0 Å². The van der Waals surface area contributed by atoms with Gasteiger partial charge in [-0.1, -0.05) is 36.4 Å². The number of benzene rings is 1. The van der Waals surface area contributed by atoms with Gasteiger partial charge in [0.15, 0.2) is 0 Å². The van der Waals surface area contributed by atoms with Crippen molar-refractivity contribution in [3.05, 3.63) is 83.9 Å². The van der Waals surface area contributed by atoms with Gasteiger partial charge < -0.3 is 4.74 Å². The Bertz CT molecular complexity index is 937. The van der Waals surface area contributed by atoms with Gasteiger partial charge in [-0.05, 0) is 55.5 Å². The molecule has 4 rings (SSSR count). The Hall–Kier alpha value is -2.54. The van der Waals surface area contributed by atoms with Crippen LogP contribution in [0.15, 0.2) is 67.3 Å². The highest BCUT2D eigenvalue weighted by Crippen LogP contribution is 2.28. The molecule has 1 atom stereocenters. The van der Waals surface area contributed by atoms with Gasteiger partial charge in [-0.2, -0.15) is 5.10 Å². The number of likely N-dealkylation sites (tertiary alicyclic amines) is 1. The first-order valence-corrected chi connectivity index (χ1v) is 12.1. The number of nitrogens with zero attached hydrogens (tertiary/aromatic N) is 5. The molecule has 3 aromatic rings. The van der Waals surface area contributed by atoms with Crippen LogP contribution in [-0.2, 0) is 31.3 Å². The highest BCUT2D eigenvalue weighted by atomic mass is 16.5. The second-order valence-corrected chi connectivity index (χ2v) is 9.22. The first kappa shape index (κ1) is 23.6. The molecule has 0 bridgehead atoms. The minimum absolute atomic E-state index is 0.475. The van der Waals surface area contributed by atoms with Crippen LogP contribution in [0.2, 0.25) is 0 Å². The summed E-state index contributed by atoms with van der Waals surface area (Å²) >= 11 is 0. The molecule has 6 heteroatoms. The van der Waals surface area contributed by atoms with E-state index < -0.39 is 0 Å². The van der Waals surface area contributed by atoms with Crippen molar-refractivity contribution in [2.75, 3.05) is 33.4 Å². The SMILES string of the molecule is COCCN(Cc1cccnc1)[C@@H](Cc1ccccc1)C1CCN(Cc2cnn(C)c2)CC1. The standard InChI is InChI=1S/C27H37N5O/c1-30-20-25(19-29-30)21-31-13-10-26(11-14-31)27(17-23-7-4-3-5-8-23)32(15-16-33-2)22-24-9-6-12-28-18-24/h3-9,12,18-20,26-27H,10-11,13-17,21-22H2,1-2H3/t27-/m0/s1. The maximum absolute atomic E-state index is 5.51. The fourth-order valence-corrected chi connectivity index (χ4v) is 5.05. The highest BCUT2D eigenvalue weighted by Gasteiger charge is 2.31. The van der Waals surface area contributed by atoms with Crippen molar-refractivity contribution in [2.24, 2.45) is 13.0 Å². The van der Waals surface area contributed by atoms with Crippen molar-refractivity contribution in [1.29, 1.82) is 0 Å². The largest absolute Gasteiger partial charge is 0.383 e. The molecule has 1 aliphatic heterocycles. The fourth-order valence-electron chi connectivity index (χ4n) is 5.05. The summed E-state index contributed by atoms with van der Waals surface area (Å²) in [7, 11) is 3.78. The van der Waals surface area contributed by atoms with Crippen LogP contribution >= 0.6 is 0 Å². The summed E-state index contributed by atoms with van der Waals surface area (Å²) in [5.41, 5.74) is 3.98. The lowest BCUT2D eigenvalue weighted by atomic mass is 9.84. The topological polar surface area (TPSA) is 46.4 Å². The van der Waals surface area contributed by atoms with Gasteiger partial charge in [0.05, 0.1) is 12.8 Å². The van der Waals surface area contributed by atoms with Crippen LogP contribution in [-0.4, -0.2) is 64.0 Å². The summed E-state index contributed by atoms with van der Waals surface area (Å²) in [6.45, 7) is 5.84. The van der Waals surface area contributed by atoms with E-state index in [4.69, 9.17) is 4.74 Å². The maximum Gasteiger partial charge on any atom is 0.0589 e. The fraction of sp³-hybridized carbons (Fsp3) is 0.481. The van der Waals surface area contributed by atoms with Crippen LogP contribution in [0.1, 0.15) is 29.5 Å². The monoisotopic (exact) mass is 447 g/mol. The van der Waals surface area contributed by atoms with Gasteiger partial charge in [0.2, 0.25) is 0 Å². The van der Waals surface area contributed by atoms with Gasteiger partial charge in [0, 0.05) is 64.0 Å². The van der Waals surface area contributed by atoms with E-state index in [-0.39, 0.29) is 0 Å². The molecule has 2 aromatic heterocycles. The quantitative estimate of drug-likeness (QED) is 0.448. The number of hydrogen-bond donors (Lipinski definition) is 0. The number of aromatic nitrogens is 3. The Morgan fingerprint density at radius 1 is 1.03 bits per heavy atom. The van der Waals surface area contributed by atoms with E-state index >= 15 is 0 Å². The number of methoxy groups -OCH3 is 1. The first-order chi connectivity index (χ1) is 16.2. The van der Waals surface area contributed by atoms with E-state index in [9.17, 15) is 0 Å². The Morgan fingerprint density at radius 3 is 2.48 bits per heavy atom. The normalized spacial score (nSPS) is 16.3. The van der Waals surface area contributed by atoms with Crippen molar-refractivity contribution in [2.45, 2.75) is 38.4 Å².